The number of nitrogens with zero attached hydrogens (tertiary/aromatic N) is 1. The van der Waals surface area contributed by atoms with Crippen molar-refractivity contribution < 1.29 is 14.1 Å². The molecule has 0 aromatic heterocycles. The van der Waals surface area contributed by atoms with Crippen LogP contribution in [-0.2, 0) is 0 Å². The minimum atomic E-state index is -0.883. The topological polar surface area (TPSA) is 64.4 Å². The Morgan fingerprint density at radius 1 is 1.56 bits per heavy atom. The first kappa shape index (κ1) is 12.4. The van der Waals surface area contributed by atoms with E-state index in [1.807, 2.05) is 6.92 Å². The molecule has 1 N–H and O–H groups in total. The summed E-state index contributed by atoms with van der Waals surface area (Å²) in [6, 6.07) is 3.50. The number of benzene rings is 1. The second-order valence-electron chi connectivity index (χ2n) is 3.07. The van der Waals surface area contributed by atoms with Crippen LogP contribution in [0.3, 0.4) is 0 Å². The molecule has 16 heavy (non-hydrogen) atoms. The first-order valence-corrected chi connectivity index (χ1v) is 4.92. The Labute approximate surface area is 92.4 Å². The van der Waals surface area contributed by atoms with E-state index in [4.69, 9.17) is 4.74 Å². The molecule has 0 aliphatic carbocycles. The van der Waals surface area contributed by atoms with Gasteiger partial charge in [0.15, 0.2) is 0 Å². The number of halogens is 1. The third-order valence-electron chi connectivity index (χ3n) is 1.91. The van der Waals surface area contributed by atoms with Crippen LogP contribution in [0.4, 0.5) is 10.1 Å². The fourth-order valence-electron chi connectivity index (χ4n) is 1.14. The van der Waals surface area contributed by atoms with Gasteiger partial charge in [0.2, 0.25) is 5.82 Å². The average Bonchev–Trinajstić information content (AvgIpc) is 2.24. The number of nitrogens with one attached hydrogen (secondary N) is 1. The van der Waals surface area contributed by atoms with Gasteiger partial charge in [-0.15, -0.1) is 0 Å². The highest BCUT2D eigenvalue weighted by molar-refractivity contribution is 5.37. The standard InChI is InChI=1S/C10H13FN2O3/c1-2-12-5-6-16-8-3-4-10(13(14)15)9(11)7-8/h3-4,7,12H,2,5-6H2,1H3. The summed E-state index contributed by atoms with van der Waals surface area (Å²) in [4.78, 5) is 9.58. The van der Waals surface area contributed by atoms with Crippen molar-refractivity contribution in [2.45, 2.75) is 6.92 Å². The normalized spacial score (nSPS) is 10.1. The Hall–Kier alpha value is -1.69. The third kappa shape index (κ3) is 3.47. The highest BCUT2D eigenvalue weighted by Gasteiger charge is 2.13. The molecule has 0 bridgehead atoms. The molecule has 0 aliphatic rings. The van der Waals surface area contributed by atoms with E-state index in [1.54, 1.807) is 0 Å². The van der Waals surface area contributed by atoms with Gasteiger partial charge in [-0.2, -0.15) is 4.39 Å². The molecule has 1 aromatic carbocycles. The number of hydrogen-bond acceptors (Lipinski definition) is 4. The smallest absolute Gasteiger partial charge is 0.305 e. The SMILES string of the molecule is CCNCCOc1ccc([N+](=O)[O-])c(F)c1. The van der Waals surface area contributed by atoms with E-state index >= 15 is 0 Å². The molecule has 0 unspecified atom stereocenters. The summed E-state index contributed by atoms with van der Waals surface area (Å²) in [5.74, 6) is -0.591. The fourth-order valence-corrected chi connectivity index (χ4v) is 1.14. The fraction of sp³-hybridized carbons (Fsp3) is 0.400. The van der Waals surface area contributed by atoms with Crippen LogP contribution in [0.15, 0.2) is 18.2 Å². The van der Waals surface area contributed by atoms with Crippen LogP contribution in [0, 0.1) is 15.9 Å². The molecule has 5 nitrogen and oxygen atoms in total. The zero-order chi connectivity index (χ0) is 12.0. The Morgan fingerprint density at radius 2 is 2.31 bits per heavy atom. The Kier molecular flexibility index (Phi) is 4.65. The van der Waals surface area contributed by atoms with E-state index in [2.05, 4.69) is 5.32 Å². The van der Waals surface area contributed by atoms with Crippen molar-refractivity contribution >= 4 is 5.69 Å². The van der Waals surface area contributed by atoms with Gasteiger partial charge >= 0.3 is 5.69 Å². The molecule has 1 aromatic rings. The second kappa shape index (κ2) is 6.02. The van der Waals surface area contributed by atoms with Crippen LogP contribution >= 0.6 is 0 Å². The molecule has 0 heterocycles. The highest BCUT2D eigenvalue weighted by Crippen LogP contribution is 2.22. The summed E-state index contributed by atoms with van der Waals surface area (Å²) in [6.07, 6.45) is 0. The summed E-state index contributed by atoms with van der Waals surface area (Å²) in [5.41, 5.74) is -0.543. The van der Waals surface area contributed by atoms with Gasteiger partial charge in [-0.3, -0.25) is 10.1 Å². The van der Waals surface area contributed by atoms with Gasteiger partial charge < -0.3 is 10.1 Å². The molecule has 6 heteroatoms. The predicted octanol–water partition coefficient (Wildman–Crippen LogP) is 1.72. The molecule has 88 valence electrons. The van der Waals surface area contributed by atoms with Crippen molar-refractivity contribution in [2.75, 3.05) is 19.7 Å². The summed E-state index contributed by atoms with van der Waals surface area (Å²) in [5, 5.41) is 13.4. The average molecular weight is 228 g/mol. The van der Waals surface area contributed by atoms with E-state index in [0.717, 1.165) is 18.7 Å². The number of nitro benzene ring substituents is 1. The van der Waals surface area contributed by atoms with E-state index < -0.39 is 16.4 Å². The van der Waals surface area contributed by atoms with Crippen LogP contribution in [0.1, 0.15) is 6.92 Å². The monoisotopic (exact) mass is 228 g/mol. The largest absolute Gasteiger partial charge is 0.492 e. The van der Waals surface area contributed by atoms with E-state index in [9.17, 15) is 14.5 Å². The Morgan fingerprint density at radius 3 is 2.88 bits per heavy atom. The lowest BCUT2D eigenvalue weighted by Gasteiger charge is -2.06. The van der Waals surface area contributed by atoms with Crippen molar-refractivity contribution in [3.63, 3.8) is 0 Å². The van der Waals surface area contributed by atoms with Crippen LogP contribution in [-0.4, -0.2) is 24.6 Å². The lowest BCUT2D eigenvalue weighted by molar-refractivity contribution is -0.387. The van der Waals surface area contributed by atoms with Crippen molar-refractivity contribution in [2.24, 2.45) is 0 Å². The van der Waals surface area contributed by atoms with Crippen LogP contribution < -0.4 is 10.1 Å². The maximum Gasteiger partial charge on any atom is 0.305 e. The maximum absolute atomic E-state index is 13.1. The van der Waals surface area contributed by atoms with Gasteiger partial charge in [-0.1, -0.05) is 6.92 Å². The second-order valence-corrected chi connectivity index (χ2v) is 3.07. The number of hydrogen-bond donors (Lipinski definition) is 1. The molecule has 0 saturated carbocycles. The summed E-state index contributed by atoms with van der Waals surface area (Å²) in [6.45, 7) is 3.84. The lowest BCUT2D eigenvalue weighted by Crippen LogP contribution is -2.20. The molecular weight excluding hydrogens is 215 g/mol. The quantitative estimate of drug-likeness (QED) is 0.457. The van der Waals surface area contributed by atoms with Crippen LogP contribution in [0.25, 0.3) is 0 Å². The molecule has 0 saturated heterocycles. The summed E-state index contributed by atoms with van der Waals surface area (Å²) in [7, 11) is 0. The number of rotatable bonds is 6. The molecule has 0 fully saturated rings. The summed E-state index contributed by atoms with van der Waals surface area (Å²) >= 11 is 0. The van der Waals surface area contributed by atoms with Gasteiger partial charge in [-0.25, -0.2) is 0 Å². The van der Waals surface area contributed by atoms with Gasteiger partial charge in [0.05, 0.1) is 4.92 Å². The molecule has 0 spiro atoms. The van der Waals surface area contributed by atoms with E-state index in [0.29, 0.717) is 18.9 Å². The minimum absolute atomic E-state index is 0.293. The van der Waals surface area contributed by atoms with Crippen LogP contribution in [0.5, 0.6) is 5.75 Å². The molecule has 0 amide bonds. The highest BCUT2D eigenvalue weighted by atomic mass is 19.1. The number of likely N-dealkylation sites (N-methyl/N-ethyl adjacent to an activating group) is 1. The van der Waals surface area contributed by atoms with E-state index in [1.165, 1.54) is 6.07 Å². The first-order chi connectivity index (χ1) is 7.65. The van der Waals surface area contributed by atoms with Gasteiger partial charge in [0.1, 0.15) is 12.4 Å². The first-order valence-electron chi connectivity index (χ1n) is 4.92. The predicted molar refractivity (Wildman–Crippen MR) is 57.1 cm³/mol. The van der Waals surface area contributed by atoms with Gasteiger partial charge in [-0.05, 0) is 12.6 Å². The maximum atomic E-state index is 13.1. The minimum Gasteiger partial charge on any atom is -0.492 e. The van der Waals surface area contributed by atoms with Crippen LogP contribution in [0.2, 0.25) is 0 Å². The zero-order valence-corrected chi connectivity index (χ0v) is 8.90. The number of ether oxygens (including phenoxy) is 1. The molecule has 0 radical (unpaired) electrons. The Bertz CT molecular complexity index is 371. The van der Waals surface area contributed by atoms with Crippen molar-refractivity contribution in [3.05, 3.63) is 34.1 Å². The molecule has 1 rings (SSSR count). The lowest BCUT2D eigenvalue weighted by atomic mass is 10.3. The van der Waals surface area contributed by atoms with E-state index in [-0.39, 0.29) is 0 Å². The molecular formula is C10H13FN2O3. The summed E-state index contributed by atoms with van der Waals surface area (Å²) < 4.78 is 18.3. The molecule has 0 atom stereocenters. The van der Waals surface area contributed by atoms with Gasteiger partial charge in [0.25, 0.3) is 0 Å². The number of nitro groups is 1. The van der Waals surface area contributed by atoms with Crippen molar-refractivity contribution in [3.8, 4) is 5.75 Å². The van der Waals surface area contributed by atoms with Crippen molar-refractivity contribution in [1.29, 1.82) is 0 Å². The Balaban J connectivity index is 2.56. The van der Waals surface area contributed by atoms with Gasteiger partial charge in [0, 0.05) is 18.7 Å². The zero-order valence-electron chi connectivity index (χ0n) is 8.90. The van der Waals surface area contributed by atoms with Crippen molar-refractivity contribution in [1.82, 2.24) is 5.32 Å². The molecule has 0 aliphatic heterocycles. The third-order valence-corrected chi connectivity index (χ3v) is 1.91.